The molecular weight excluding hydrogens is 254 g/mol. The zero-order valence-electron chi connectivity index (χ0n) is 11.3. The van der Waals surface area contributed by atoms with Gasteiger partial charge in [0, 0.05) is 16.9 Å². The van der Waals surface area contributed by atoms with Gasteiger partial charge in [0.1, 0.15) is 5.82 Å². The van der Waals surface area contributed by atoms with Crippen LogP contribution in [0, 0.1) is 6.92 Å². The monoisotopic (exact) mass is 269 g/mol. The maximum absolute atomic E-state index is 11.8. The van der Waals surface area contributed by atoms with Crippen LogP contribution >= 0.6 is 0 Å². The van der Waals surface area contributed by atoms with Crippen molar-refractivity contribution in [2.75, 3.05) is 10.6 Å². The quantitative estimate of drug-likeness (QED) is 0.840. The lowest BCUT2D eigenvalue weighted by atomic mass is 10.1. The minimum atomic E-state index is -0.376. The largest absolute Gasteiger partial charge is 0.324 e. The summed E-state index contributed by atoms with van der Waals surface area (Å²) in [6.45, 7) is 3.35. The first-order valence-electron chi connectivity index (χ1n) is 6.17. The first kappa shape index (κ1) is 13.7. The summed E-state index contributed by atoms with van der Waals surface area (Å²) in [6, 6.07) is 11.7. The van der Waals surface area contributed by atoms with Crippen molar-refractivity contribution in [2.45, 2.75) is 13.8 Å². The van der Waals surface area contributed by atoms with Gasteiger partial charge in [0.25, 0.3) is 0 Å². The number of ketones is 1. The van der Waals surface area contributed by atoms with Crippen LogP contribution in [0.3, 0.4) is 0 Å². The molecule has 1 aromatic carbocycles. The molecule has 1 aromatic heterocycles. The first-order chi connectivity index (χ1) is 9.54. The third kappa shape index (κ3) is 3.65. The molecular formula is C15H15N3O2. The van der Waals surface area contributed by atoms with Gasteiger partial charge in [-0.15, -0.1) is 0 Å². The second kappa shape index (κ2) is 5.97. The summed E-state index contributed by atoms with van der Waals surface area (Å²) in [7, 11) is 0. The van der Waals surface area contributed by atoms with Gasteiger partial charge >= 0.3 is 6.03 Å². The van der Waals surface area contributed by atoms with E-state index in [1.165, 1.54) is 6.92 Å². The molecule has 0 bridgehead atoms. The Kier molecular flexibility index (Phi) is 4.10. The van der Waals surface area contributed by atoms with E-state index in [4.69, 9.17) is 0 Å². The summed E-state index contributed by atoms with van der Waals surface area (Å²) in [5.41, 5.74) is 2.05. The Hall–Kier alpha value is -2.69. The number of aromatic nitrogens is 1. The van der Waals surface area contributed by atoms with Crippen LogP contribution in [0.2, 0.25) is 0 Å². The van der Waals surface area contributed by atoms with Crippen molar-refractivity contribution >= 4 is 23.3 Å². The molecule has 1 heterocycles. The van der Waals surface area contributed by atoms with Gasteiger partial charge in [-0.2, -0.15) is 0 Å². The molecule has 20 heavy (non-hydrogen) atoms. The highest BCUT2D eigenvalue weighted by Gasteiger charge is 2.04. The average molecular weight is 269 g/mol. The highest BCUT2D eigenvalue weighted by atomic mass is 16.2. The number of carbonyl (C=O) groups excluding carboxylic acids is 2. The molecule has 102 valence electrons. The third-order valence-electron chi connectivity index (χ3n) is 2.68. The molecule has 2 amide bonds. The van der Waals surface area contributed by atoms with E-state index in [-0.39, 0.29) is 11.8 Å². The van der Waals surface area contributed by atoms with E-state index < -0.39 is 0 Å². The van der Waals surface area contributed by atoms with E-state index in [0.717, 1.165) is 5.69 Å². The molecule has 0 unspecified atom stereocenters. The number of anilines is 2. The number of carbonyl (C=O) groups is 2. The van der Waals surface area contributed by atoms with Crippen molar-refractivity contribution in [3.05, 3.63) is 53.7 Å². The van der Waals surface area contributed by atoms with Crippen LogP contribution in [0.15, 0.2) is 42.5 Å². The summed E-state index contributed by atoms with van der Waals surface area (Å²) in [5, 5.41) is 5.32. The van der Waals surface area contributed by atoms with Crippen LogP contribution in [0.1, 0.15) is 23.0 Å². The summed E-state index contributed by atoms with van der Waals surface area (Å²) in [6.07, 6.45) is 0. The highest BCUT2D eigenvalue weighted by Crippen LogP contribution is 2.11. The number of nitrogens with one attached hydrogen (secondary N) is 2. The molecule has 2 N–H and O–H groups in total. The SMILES string of the molecule is CC(=O)c1ccc(NC(=O)Nc2cccc(C)n2)cc1. The van der Waals surface area contributed by atoms with Gasteiger partial charge in [-0.3, -0.25) is 10.1 Å². The van der Waals surface area contributed by atoms with E-state index in [0.29, 0.717) is 17.1 Å². The second-order valence-electron chi connectivity index (χ2n) is 4.38. The first-order valence-corrected chi connectivity index (χ1v) is 6.17. The molecule has 2 aromatic rings. The molecule has 0 fully saturated rings. The number of nitrogens with zero attached hydrogens (tertiary/aromatic N) is 1. The van der Waals surface area contributed by atoms with Gasteiger partial charge in [0.05, 0.1) is 0 Å². The molecule has 0 saturated carbocycles. The molecule has 0 aliphatic carbocycles. The van der Waals surface area contributed by atoms with Crippen LogP contribution in [0.25, 0.3) is 0 Å². The Labute approximate surface area is 117 Å². The van der Waals surface area contributed by atoms with E-state index in [2.05, 4.69) is 15.6 Å². The van der Waals surface area contributed by atoms with E-state index in [1.54, 1.807) is 30.3 Å². The van der Waals surface area contributed by atoms with Crippen molar-refractivity contribution in [3.63, 3.8) is 0 Å². The summed E-state index contributed by atoms with van der Waals surface area (Å²) < 4.78 is 0. The molecule has 2 rings (SSSR count). The highest BCUT2D eigenvalue weighted by molar-refractivity contribution is 6.00. The lowest BCUT2D eigenvalue weighted by Crippen LogP contribution is -2.20. The van der Waals surface area contributed by atoms with Gasteiger partial charge in [0.15, 0.2) is 5.78 Å². The molecule has 0 aliphatic rings. The predicted octanol–water partition coefficient (Wildman–Crippen LogP) is 3.24. The maximum Gasteiger partial charge on any atom is 0.324 e. The zero-order chi connectivity index (χ0) is 14.5. The Morgan fingerprint density at radius 1 is 1.00 bits per heavy atom. The number of rotatable bonds is 3. The number of hydrogen-bond acceptors (Lipinski definition) is 3. The molecule has 0 radical (unpaired) electrons. The number of aryl methyl sites for hydroxylation is 1. The van der Waals surface area contributed by atoms with Crippen LogP contribution in [0.4, 0.5) is 16.3 Å². The van der Waals surface area contributed by atoms with Crippen molar-refractivity contribution in [1.82, 2.24) is 4.98 Å². The minimum Gasteiger partial charge on any atom is -0.308 e. The molecule has 5 nitrogen and oxygen atoms in total. The lowest BCUT2D eigenvalue weighted by Gasteiger charge is -2.07. The van der Waals surface area contributed by atoms with E-state index in [1.807, 2.05) is 19.1 Å². The number of benzene rings is 1. The molecule has 0 saturated heterocycles. The van der Waals surface area contributed by atoms with Crippen LogP contribution in [-0.4, -0.2) is 16.8 Å². The van der Waals surface area contributed by atoms with Crippen molar-refractivity contribution in [1.29, 1.82) is 0 Å². The second-order valence-corrected chi connectivity index (χ2v) is 4.38. The van der Waals surface area contributed by atoms with Gasteiger partial charge in [-0.25, -0.2) is 9.78 Å². The standard InChI is InChI=1S/C15H15N3O2/c1-10-4-3-5-14(16-10)18-15(20)17-13-8-6-12(7-9-13)11(2)19/h3-9H,1-2H3,(H2,16,17,18,20). The Morgan fingerprint density at radius 2 is 1.70 bits per heavy atom. The van der Waals surface area contributed by atoms with Gasteiger partial charge in [0.2, 0.25) is 0 Å². The van der Waals surface area contributed by atoms with Crippen molar-refractivity contribution in [2.24, 2.45) is 0 Å². The fraction of sp³-hybridized carbons (Fsp3) is 0.133. The summed E-state index contributed by atoms with van der Waals surface area (Å²) in [4.78, 5) is 27.1. The van der Waals surface area contributed by atoms with E-state index in [9.17, 15) is 9.59 Å². The predicted molar refractivity (Wildman–Crippen MR) is 78.1 cm³/mol. The number of urea groups is 1. The smallest absolute Gasteiger partial charge is 0.308 e. The minimum absolute atomic E-state index is 0.00929. The number of Topliss-reactive ketones (excluding diaryl/α,β-unsaturated/α-hetero) is 1. The van der Waals surface area contributed by atoms with Gasteiger partial charge < -0.3 is 5.32 Å². The molecule has 0 atom stereocenters. The number of hydrogen-bond donors (Lipinski definition) is 2. The lowest BCUT2D eigenvalue weighted by molar-refractivity contribution is 0.101. The molecule has 0 aliphatic heterocycles. The Morgan fingerprint density at radius 3 is 2.30 bits per heavy atom. The maximum atomic E-state index is 11.8. The van der Waals surface area contributed by atoms with Gasteiger partial charge in [-0.1, -0.05) is 6.07 Å². The zero-order valence-corrected chi connectivity index (χ0v) is 11.3. The van der Waals surface area contributed by atoms with Crippen LogP contribution in [-0.2, 0) is 0 Å². The average Bonchev–Trinajstić information content (AvgIpc) is 2.39. The Bertz CT molecular complexity index is 636. The fourth-order valence-corrected chi connectivity index (χ4v) is 1.68. The van der Waals surface area contributed by atoms with Crippen molar-refractivity contribution < 1.29 is 9.59 Å². The molecule has 5 heteroatoms. The Balaban J connectivity index is 1.99. The van der Waals surface area contributed by atoms with Crippen LogP contribution in [0.5, 0.6) is 0 Å². The fourth-order valence-electron chi connectivity index (χ4n) is 1.68. The van der Waals surface area contributed by atoms with Crippen LogP contribution < -0.4 is 10.6 Å². The normalized spacial score (nSPS) is 9.90. The molecule has 0 spiro atoms. The van der Waals surface area contributed by atoms with E-state index >= 15 is 0 Å². The van der Waals surface area contributed by atoms with Crippen molar-refractivity contribution in [3.8, 4) is 0 Å². The number of amides is 2. The van der Waals surface area contributed by atoms with Gasteiger partial charge in [-0.05, 0) is 50.2 Å². The summed E-state index contributed by atoms with van der Waals surface area (Å²) in [5.74, 6) is 0.479. The number of pyridine rings is 1. The topological polar surface area (TPSA) is 71.1 Å². The third-order valence-corrected chi connectivity index (χ3v) is 2.68. The summed E-state index contributed by atoms with van der Waals surface area (Å²) >= 11 is 0.